The first kappa shape index (κ1) is 15.1. The molecule has 1 N–H and O–H groups in total. The van der Waals surface area contributed by atoms with Gasteiger partial charge in [0.25, 0.3) is 0 Å². The van der Waals surface area contributed by atoms with Crippen LogP contribution in [0.25, 0.3) is 0 Å². The van der Waals surface area contributed by atoms with Gasteiger partial charge in [0, 0.05) is 5.92 Å². The van der Waals surface area contributed by atoms with Crippen LogP contribution in [0, 0.1) is 23.2 Å². The summed E-state index contributed by atoms with van der Waals surface area (Å²) in [5.74, 6) is 4.51. The molecule has 2 aromatic rings. The molecule has 0 heterocycles. The Hall–Kier alpha value is -1.96. The van der Waals surface area contributed by atoms with E-state index in [9.17, 15) is 5.11 Å². The second-order valence-electron chi connectivity index (χ2n) is 9.10. The number of ether oxygens (including phenoxy) is 1. The van der Waals surface area contributed by atoms with Crippen LogP contribution in [-0.2, 0) is 6.42 Å². The largest absolute Gasteiger partial charge is 0.508 e. The molecule has 2 heteroatoms. The Morgan fingerprint density at radius 2 is 1.85 bits per heavy atom. The Kier molecular flexibility index (Phi) is 3.07. The second kappa shape index (κ2) is 5.28. The van der Waals surface area contributed by atoms with Crippen LogP contribution in [0.15, 0.2) is 48.5 Å². The average Bonchev–Trinajstić information content (AvgIpc) is 3.23. The number of aryl methyl sites for hydroxylation is 1. The first-order chi connectivity index (χ1) is 12.7. The van der Waals surface area contributed by atoms with Crippen molar-refractivity contribution in [3.63, 3.8) is 0 Å². The number of hydrogen-bond donors (Lipinski definition) is 1. The predicted molar refractivity (Wildman–Crippen MR) is 101 cm³/mol. The van der Waals surface area contributed by atoms with Crippen LogP contribution in [0.4, 0.5) is 0 Å². The van der Waals surface area contributed by atoms with Crippen LogP contribution in [-0.4, -0.2) is 11.2 Å². The van der Waals surface area contributed by atoms with E-state index in [-0.39, 0.29) is 6.10 Å². The van der Waals surface area contributed by atoms with Gasteiger partial charge in [0.05, 0.1) is 0 Å². The third-order valence-corrected chi connectivity index (χ3v) is 8.07. The van der Waals surface area contributed by atoms with Gasteiger partial charge < -0.3 is 9.84 Å². The maximum atomic E-state index is 9.95. The summed E-state index contributed by atoms with van der Waals surface area (Å²) in [6.07, 6.45) is 8.17. The van der Waals surface area contributed by atoms with Gasteiger partial charge in [0.2, 0.25) is 0 Å². The highest BCUT2D eigenvalue weighted by molar-refractivity contribution is 5.42. The molecule has 6 atom stereocenters. The van der Waals surface area contributed by atoms with E-state index < -0.39 is 0 Å². The fourth-order valence-corrected chi connectivity index (χ4v) is 7.04. The van der Waals surface area contributed by atoms with Crippen LogP contribution >= 0.6 is 0 Å². The maximum Gasteiger partial charge on any atom is 0.119 e. The van der Waals surface area contributed by atoms with Gasteiger partial charge in [-0.15, -0.1) is 0 Å². The highest BCUT2D eigenvalue weighted by Crippen LogP contribution is 2.75. The number of aromatic hydroxyl groups is 1. The molecule has 0 radical (unpaired) electrons. The fraction of sp³-hybridized carbons (Fsp3) is 0.500. The van der Waals surface area contributed by atoms with Crippen molar-refractivity contribution in [3.8, 4) is 11.5 Å². The highest BCUT2D eigenvalue weighted by atomic mass is 16.5. The van der Waals surface area contributed by atoms with Gasteiger partial charge in [-0.2, -0.15) is 0 Å². The monoisotopic (exact) mass is 346 g/mol. The summed E-state index contributed by atoms with van der Waals surface area (Å²) < 4.78 is 6.65. The molecule has 0 aromatic heterocycles. The third kappa shape index (κ3) is 2.05. The molecular formula is C24H26O2. The SMILES string of the molecule is Oc1ccc2c(c1)CC[C@H]1C3CCC4C[C@@]43C[C@H](Oc3ccccc3)[C@H]21. The number of fused-ring (bicyclic) bond motifs is 4. The highest BCUT2D eigenvalue weighted by Gasteiger charge is 2.68. The summed E-state index contributed by atoms with van der Waals surface area (Å²) in [5.41, 5.74) is 3.38. The van der Waals surface area contributed by atoms with E-state index in [0.717, 1.165) is 29.9 Å². The number of hydrogen-bond acceptors (Lipinski definition) is 2. The van der Waals surface area contributed by atoms with Crippen LogP contribution in [0.3, 0.4) is 0 Å². The lowest BCUT2D eigenvalue weighted by molar-refractivity contribution is 0.00359. The van der Waals surface area contributed by atoms with Gasteiger partial charge in [-0.1, -0.05) is 24.3 Å². The molecule has 4 aliphatic rings. The van der Waals surface area contributed by atoms with Gasteiger partial charge in [0.15, 0.2) is 0 Å². The minimum atomic E-state index is 0.269. The van der Waals surface area contributed by atoms with Crippen LogP contribution < -0.4 is 4.74 Å². The van der Waals surface area contributed by atoms with Gasteiger partial charge in [0.1, 0.15) is 17.6 Å². The lowest BCUT2D eigenvalue weighted by atomic mass is 9.57. The first-order valence-corrected chi connectivity index (χ1v) is 10.3. The van der Waals surface area contributed by atoms with Crippen LogP contribution in [0.1, 0.15) is 49.1 Å². The summed E-state index contributed by atoms with van der Waals surface area (Å²) in [6, 6.07) is 16.4. The Bertz CT molecular complexity index is 845. The summed E-state index contributed by atoms with van der Waals surface area (Å²) in [4.78, 5) is 0. The van der Waals surface area contributed by atoms with Crippen molar-refractivity contribution in [3.05, 3.63) is 59.7 Å². The fourth-order valence-electron chi connectivity index (χ4n) is 7.04. The first-order valence-electron chi connectivity index (χ1n) is 10.3. The summed E-state index contributed by atoms with van der Waals surface area (Å²) in [6.45, 7) is 0. The van der Waals surface area contributed by atoms with Crippen LogP contribution in [0.5, 0.6) is 11.5 Å². The Labute approximate surface area is 155 Å². The number of phenols is 1. The average molecular weight is 346 g/mol. The summed E-state index contributed by atoms with van der Waals surface area (Å²) in [5, 5.41) is 9.95. The summed E-state index contributed by atoms with van der Waals surface area (Å²) >= 11 is 0. The normalized spacial score (nSPS) is 39.3. The molecule has 0 bridgehead atoms. The number of phenolic OH excluding ortho intramolecular Hbond substituents is 1. The lowest BCUT2D eigenvalue weighted by Crippen LogP contribution is -2.46. The molecule has 2 aromatic carbocycles. The Morgan fingerprint density at radius 3 is 2.69 bits per heavy atom. The van der Waals surface area contributed by atoms with Crippen LogP contribution in [0.2, 0.25) is 0 Å². The van der Waals surface area contributed by atoms with Crippen molar-refractivity contribution in [2.24, 2.45) is 23.2 Å². The molecule has 2 unspecified atom stereocenters. The van der Waals surface area contributed by atoms with Gasteiger partial charge in [-0.25, -0.2) is 0 Å². The molecule has 4 aliphatic carbocycles. The number of benzene rings is 2. The molecule has 134 valence electrons. The minimum Gasteiger partial charge on any atom is -0.508 e. The second-order valence-corrected chi connectivity index (χ2v) is 9.10. The molecule has 3 fully saturated rings. The van der Waals surface area contributed by atoms with Gasteiger partial charge >= 0.3 is 0 Å². The maximum absolute atomic E-state index is 9.95. The Morgan fingerprint density at radius 1 is 0.962 bits per heavy atom. The zero-order valence-electron chi connectivity index (χ0n) is 15.1. The molecular weight excluding hydrogens is 320 g/mol. The third-order valence-electron chi connectivity index (χ3n) is 8.07. The van der Waals surface area contributed by atoms with Crippen molar-refractivity contribution >= 4 is 0 Å². The molecule has 26 heavy (non-hydrogen) atoms. The topological polar surface area (TPSA) is 29.5 Å². The van der Waals surface area contributed by atoms with E-state index in [1.807, 2.05) is 12.1 Å². The summed E-state index contributed by atoms with van der Waals surface area (Å²) in [7, 11) is 0. The van der Waals surface area contributed by atoms with Crippen molar-refractivity contribution < 1.29 is 9.84 Å². The standard InChI is InChI=1S/C24H26O2/c25-17-8-10-19-15(12-17)6-9-20-21-11-7-16-13-24(16,21)14-22(23(19)20)26-18-4-2-1-3-5-18/h1-5,8,10,12,16,20-23,25H,6-7,9,11,13-14H2/t16?,20-,21?,22-,23+,24+/m0/s1. The molecule has 0 amide bonds. The zero-order valence-corrected chi connectivity index (χ0v) is 15.1. The minimum absolute atomic E-state index is 0.269. The van der Waals surface area contributed by atoms with E-state index in [1.165, 1.54) is 43.2 Å². The molecule has 6 rings (SSSR count). The number of para-hydroxylation sites is 1. The van der Waals surface area contributed by atoms with E-state index >= 15 is 0 Å². The van der Waals surface area contributed by atoms with Crippen molar-refractivity contribution in [1.82, 2.24) is 0 Å². The zero-order chi connectivity index (χ0) is 17.3. The van der Waals surface area contributed by atoms with E-state index in [1.54, 1.807) is 0 Å². The molecule has 0 saturated heterocycles. The van der Waals surface area contributed by atoms with Gasteiger partial charge in [-0.05, 0) is 97.1 Å². The quantitative estimate of drug-likeness (QED) is 0.799. The molecule has 1 spiro atoms. The van der Waals surface area contributed by atoms with Crippen molar-refractivity contribution in [1.29, 1.82) is 0 Å². The predicted octanol–water partition coefficient (Wildman–Crippen LogP) is 5.31. The van der Waals surface area contributed by atoms with Gasteiger partial charge in [-0.3, -0.25) is 0 Å². The molecule has 2 nitrogen and oxygen atoms in total. The lowest BCUT2D eigenvalue weighted by Gasteiger charge is -2.49. The van der Waals surface area contributed by atoms with Crippen molar-refractivity contribution in [2.45, 2.75) is 50.5 Å². The van der Waals surface area contributed by atoms with Crippen molar-refractivity contribution in [2.75, 3.05) is 0 Å². The van der Waals surface area contributed by atoms with E-state index in [4.69, 9.17) is 4.74 Å². The van der Waals surface area contributed by atoms with E-state index in [0.29, 0.717) is 17.1 Å². The Balaban J connectivity index is 1.43. The molecule has 0 aliphatic heterocycles. The molecule has 3 saturated carbocycles. The number of rotatable bonds is 2. The smallest absolute Gasteiger partial charge is 0.119 e. The van der Waals surface area contributed by atoms with E-state index in [2.05, 4.69) is 36.4 Å².